The number of ether oxygens (including phenoxy) is 1. The monoisotopic (exact) mass is 277 g/mol. The number of rotatable bonds is 4. The summed E-state index contributed by atoms with van der Waals surface area (Å²) < 4.78 is 19.6. The summed E-state index contributed by atoms with van der Waals surface area (Å²) in [5.74, 6) is -0.306. The zero-order valence-corrected chi connectivity index (χ0v) is 12.0. The molecule has 1 atom stereocenters. The molecule has 0 amide bonds. The molecule has 1 fully saturated rings. The third-order valence-corrected chi connectivity index (χ3v) is 3.37. The Kier molecular flexibility index (Phi) is 5.07. The molecule has 0 aliphatic carbocycles. The van der Waals surface area contributed by atoms with Crippen molar-refractivity contribution in [2.75, 3.05) is 40.3 Å². The van der Waals surface area contributed by atoms with Crippen molar-refractivity contribution < 1.29 is 9.13 Å². The molecule has 1 aromatic carbocycles. The molecule has 1 aliphatic rings. The summed E-state index contributed by atoms with van der Waals surface area (Å²) >= 11 is 0. The molecule has 0 radical (unpaired) electrons. The highest BCUT2D eigenvalue weighted by molar-refractivity contribution is 5.32. The van der Waals surface area contributed by atoms with E-state index in [4.69, 9.17) is 10.00 Å². The van der Waals surface area contributed by atoms with Gasteiger partial charge in [0.25, 0.3) is 0 Å². The number of halogens is 1. The number of nitrogens with zero attached hydrogens (tertiary/aromatic N) is 3. The van der Waals surface area contributed by atoms with E-state index in [-0.39, 0.29) is 11.9 Å². The SMILES string of the molecule is CN(C)CC1CN(Cc2ccc(C#N)cc2F)CCO1. The largest absolute Gasteiger partial charge is 0.374 e. The molecule has 1 aliphatic heterocycles. The first-order chi connectivity index (χ1) is 9.58. The summed E-state index contributed by atoms with van der Waals surface area (Å²) in [6.45, 7) is 3.72. The van der Waals surface area contributed by atoms with Crippen molar-refractivity contribution in [1.29, 1.82) is 5.26 Å². The first-order valence-corrected chi connectivity index (χ1v) is 6.75. The quantitative estimate of drug-likeness (QED) is 0.835. The van der Waals surface area contributed by atoms with E-state index in [9.17, 15) is 4.39 Å². The average Bonchev–Trinajstić information content (AvgIpc) is 2.41. The lowest BCUT2D eigenvalue weighted by atomic mass is 10.1. The van der Waals surface area contributed by atoms with E-state index in [1.165, 1.54) is 6.07 Å². The van der Waals surface area contributed by atoms with Gasteiger partial charge in [-0.25, -0.2) is 4.39 Å². The lowest BCUT2D eigenvalue weighted by Gasteiger charge is -2.34. The van der Waals surface area contributed by atoms with Crippen LogP contribution in [0.5, 0.6) is 0 Å². The molecule has 0 aromatic heterocycles. The van der Waals surface area contributed by atoms with E-state index in [0.717, 1.165) is 19.6 Å². The van der Waals surface area contributed by atoms with Gasteiger partial charge in [-0.2, -0.15) is 5.26 Å². The lowest BCUT2D eigenvalue weighted by molar-refractivity contribution is -0.0409. The fourth-order valence-corrected chi connectivity index (χ4v) is 2.43. The minimum atomic E-state index is -0.306. The summed E-state index contributed by atoms with van der Waals surface area (Å²) in [6.07, 6.45) is 0.167. The highest BCUT2D eigenvalue weighted by Crippen LogP contribution is 2.15. The molecule has 0 spiro atoms. The third kappa shape index (κ3) is 4.01. The van der Waals surface area contributed by atoms with Gasteiger partial charge in [0.1, 0.15) is 5.82 Å². The van der Waals surface area contributed by atoms with Gasteiger partial charge in [0.15, 0.2) is 0 Å². The van der Waals surface area contributed by atoms with Crippen LogP contribution in [-0.4, -0.2) is 56.2 Å². The van der Waals surface area contributed by atoms with Gasteiger partial charge >= 0.3 is 0 Å². The van der Waals surface area contributed by atoms with Crippen molar-refractivity contribution in [3.8, 4) is 6.07 Å². The van der Waals surface area contributed by atoms with Crippen LogP contribution in [0.1, 0.15) is 11.1 Å². The van der Waals surface area contributed by atoms with Crippen molar-refractivity contribution >= 4 is 0 Å². The van der Waals surface area contributed by atoms with Gasteiger partial charge in [-0.1, -0.05) is 6.07 Å². The van der Waals surface area contributed by atoms with Crippen molar-refractivity contribution in [1.82, 2.24) is 9.80 Å². The molecule has 0 saturated carbocycles. The molecule has 1 heterocycles. The van der Waals surface area contributed by atoms with E-state index < -0.39 is 0 Å². The van der Waals surface area contributed by atoms with Crippen LogP contribution < -0.4 is 0 Å². The molecule has 1 saturated heterocycles. The van der Waals surface area contributed by atoms with Crippen LogP contribution in [0.15, 0.2) is 18.2 Å². The van der Waals surface area contributed by atoms with E-state index in [1.54, 1.807) is 12.1 Å². The molecule has 4 nitrogen and oxygen atoms in total. The maximum absolute atomic E-state index is 13.9. The second-order valence-electron chi connectivity index (χ2n) is 5.41. The number of hydrogen-bond donors (Lipinski definition) is 0. The number of hydrogen-bond acceptors (Lipinski definition) is 4. The topological polar surface area (TPSA) is 39.5 Å². The van der Waals surface area contributed by atoms with Gasteiger partial charge in [0.2, 0.25) is 0 Å². The van der Waals surface area contributed by atoms with Crippen molar-refractivity contribution in [3.05, 3.63) is 35.1 Å². The Labute approximate surface area is 119 Å². The minimum absolute atomic E-state index is 0.167. The highest BCUT2D eigenvalue weighted by atomic mass is 19.1. The molecule has 20 heavy (non-hydrogen) atoms. The molecule has 5 heteroatoms. The fourth-order valence-electron chi connectivity index (χ4n) is 2.43. The predicted molar refractivity (Wildman–Crippen MR) is 74.7 cm³/mol. The Balaban J connectivity index is 1.97. The first-order valence-electron chi connectivity index (χ1n) is 6.75. The van der Waals surface area contributed by atoms with Crippen LogP contribution in [0.2, 0.25) is 0 Å². The van der Waals surface area contributed by atoms with Crippen molar-refractivity contribution in [2.24, 2.45) is 0 Å². The van der Waals surface area contributed by atoms with E-state index in [2.05, 4.69) is 9.80 Å². The van der Waals surface area contributed by atoms with Crippen LogP contribution in [0.25, 0.3) is 0 Å². The van der Waals surface area contributed by atoms with Gasteiger partial charge < -0.3 is 9.64 Å². The molecule has 0 bridgehead atoms. The minimum Gasteiger partial charge on any atom is -0.374 e. The summed E-state index contributed by atoms with van der Waals surface area (Å²) in [5, 5.41) is 8.74. The Morgan fingerprint density at radius 2 is 2.30 bits per heavy atom. The van der Waals surface area contributed by atoms with Crippen LogP contribution in [-0.2, 0) is 11.3 Å². The Hall–Kier alpha value is -1.48. The molecular formula is C15H20FN3O. The summed E-state index contributed by atoms with van der Waals surface area (Å²) in [7, 11) is 4.03. The van der Waals surface area contributed by atoms with Crippen molar-refractivity contribution in [2.45, 2.75) is 12.6 Å². The Morgan fingerprint density at radius 1 is 1.50 bits per heavy atom. The highest BCUT2D eigenvalue weighted by Gasteiger charge is 2.21. The van der Waals surface area contributed by atoms with E-state index >= 15 is 0 Å². The predicted octanol–water partition coefficient (Wildman–Crippen LogP) is 1.46. The summed E-state index contributed by atoms with van der Waals surface area (Å²) in [4.78, 5) is 4.29. The van der Waals surface area contributed by atoms with Crippen LogP contribution in [0.3, 0.4) is 0 Å². The lowest BCUT2D eigenvalue weighted by Crippen LogP contribution is -2.46. The third-order valence-electron chi connectivity index (χ3n) is 3.37. The number of nitriles is 1. The standard InChI is InChI=1S/C15H20FN3O/c1-18(2)10-14-11-19(5-6-20-14)9-13-4-3-12(8-17)7-15(13)16/h3-4,7,14H,5-6,9-11H2,1-2H3. The fraction of sp³-hybridized carbons (Fsp3) is 0.533. The maximum atomic E-state index is 13.9. The zero-order valence-electron chi connectivity index (χ0n) is 12.0. The maximum Gasteiger partial charge on any atom is 0.129 e. The van der Waals surface area contributed by atoms with Crippen LogP contribution >= 0.6 is 0 Å². The van der Waals surface area contributed by atoms with Crippen LogP contribution in [0.4, 0.5) is 4.39 Å². The number of morpholine rings is 1. The summed E-state index contributed by atoms with van der Waals surface area (Å²) in [6, 6.07) is 6.61. The molecule has 0 N–H and O–H groups in total. The van der Waals surface area contributed by atoms with Gasteiger partial charge in [0, 0.05) is 31.7 Å². The van der Waals surface area contributed by atoms with Crippen molar-refractivity contribution in [3.63, 3.8) is 0 Å². The normalized spacial score (nSPS) is 20.1. The number of likely N-dealkylation sites (N-methyl/N-ethyl adjacent to an activating group) is 1. The molecule has 2 rings (SSSR count). The van der Waals surface area contributed by atoms with E-state index in [1.807, 2.05) is 20.2 Å². The first kappa shape index (κ1) is 14.9. The zero-order chi connectivity index (χ0) is 14.5. The van der Waals surface area contributed by atoms with Gasteiger partial charge in [0.05, 0.1) is 24.3 Å². The Bertz CT molecular complexity index is 498. The average molecular weight is 277 g/mol. The molecule has 1 aromatic rings. The van der Waals surface area contributed by atoms with Gasteiger partial charge in [-0.3, -0.25) is 4.90 Å². The number of benzene rings is 1. The van der Waals surface area contributed by atoms with Gasteiger partial charge in [-0.15, -0.1) is 0 Å². The van der Waals surface area contributed by atoms with E-state index in [0.29, 0.717) is 24.3 Å². The Morgan fingerprint density at radius 3 is 2.95 bits per heavy atom. The molecule has 108 valence electrons. The molecular weight excluding hydrogens is 257 g/mol. The molecule has 1 unspecified atom stereocenters. The smallest absolute Gasteiger partial charge is 0.129 e. The second kappa shape index (κ2) is 6.80. The summed E-state index contributed by atoms with van der Waals surface area (Å²) in [5.41, 5.74) is 0.994. The van der Waals surface area contributed by atoms with Crippen LogP contribution in [0, 0.1) is 17.1 Å². The van der Waals surface area contributed by atoms with Gasteiger partial charge in [-0.05, 0) is 26.2 Å². The second-order valence-corrected chi connectivity index (χ2v) is 5.41.